The minimum atomic E-state index is -0.557. The Morgan fingerprint density at radius 3 is 2.56 bits per heavy atom. The molecule has 6 nitrogen and oxygen atoms in total. The van der Waals surface area contributed by atoms with Gasteiger partial charge in [-0.25, -0.2) is 4.79 Å². The Morgan fingerprint density at radius 1 is 1.28 bits per heavy atom. The van der Waals surface area contributed by atoms with Crippen LogP contribution in [0.2, 0.25) is 0 Å². The van der Waals surface area contributed by atoms with Gasteiger partial charge in [-0.15, -0.1) is 0 Å². The number of rotatable bonds is 4. The van der Waals surface area contributed by atoms with E-state index in [2.05, 4.69) is 16.0 Å². The van der Waals surface area contributed by atoms with E-state index in [4.69, 9.17) is 4.74 Å². The quantitative estimate of drug-likeness (QED) is 0.744. The second-order valence-corrected chi connectivity index (χ2v) is 3.63. The number of anilines is 1. The molecule has 0 heterocycles. The standard InChI is InChI=1S/C12H17N3O3/c1-8(11(16)15-12(17)13-2)14-9-6-4-5-7-10(9)18-3/h4-8,14H,1-3H3,(H2,13,15,16,17). The summed E-state index contributed by atoms with van der Waals surface area (Å²) in [6.45, 7) is 1.66. The van der Waals surface area contributed by atoms with E-state index < -0.39 is 18.0 Å². The van der Waals surface area contributed by atoms with E-state index in [1.165, 1.54) is 7.05 Å². The Labute approximate surface area is 106 Å². The molecule has 1 atom stereocenters. The molecule has 0 saturated carbocycles. The van der Waals surface area contributed by atoms with Crippen LogP contribution in [0.3, 0.4) is 0 Å². The Kier molecular flexibility index (Phi) is 4.98. The molecule has 0 saturated heterocycles. The molecule has 18 heavy (non-hydrogen) atoms. The molecule has 0 radical (unpaired) electrons. The van der Waals surface area contributed by atoms with E-state index in [1.807, 2.05) is 12.1 Å². The SMILES string of the molecule is CNC(=O)NC(=O)C(C)Nc1ccccc1OC. The summed E-state index contributed by atoms with van der Waals surface area (Å²) in [7, 11) is 3.00. The number of nitrogens with one attached hydrogen (secondary N) is 3. The van der Waals surface area contributed by atoms with Gasteiger partial charge >= 0.3 is 6.03 Å². The molecule has 1 unspecified atom stereocenters. The number of benzene rings is 1. The first-order chi connectivity index (χ1) is 8.58. The largest absolute Gasteiger partial charge is 0.495 e. The van der Waals surface area contributed by atoms with Gasteiger partial charge in [-0.1, -0.05) is 12.1 Å². The lowest BCUT2D eigenvalue weighted by Gasteiger charge is -2.16. The molecule has 0 spiro atoms. The second-order valence-electron chi connectivity index (χ2n) is 3.63. The first-order valence-corrected chi connectivity index (χ1v) is 5.50. The maximum Gasteiger partial charge on any atom is 0.321 e. The second kappa shape index (κ2) is 6.48. The normalized spacial score (nSPS) is 11.3. The Bertz CT molecular complexity index is 434. The zero-order valence-corrected chi connectivity index (χ0v) is 10.6. The van der Waals surface area contributed by atoms with Crippen LogP contribution in [0.25, 0.3) is 0 Å². The molecule has 0 bridgehead atoms. The van der Waals surface area contributed by atoms with E-state index >= 15 is 0 Å². The molecule has 98 valence electrons. The van der Waals surface area contributed by atoms with Crippen LogP contribution >= 0.6 is 0 Å². The van der Waals surface area contributed by atoms with Crippen molar-refractivity contribution in [1.29, 1.82) is 0 Å². The molecule has 3 N–H and O–H groups in total. The third kappa shape index (κ3) is 3.65. The summed E-state index contributed by atoms with van der Waals surface area (Å²) in [4.78, 5) is 22.6. The van der Waals surface area contributed by atoms with Crippen molar-refractivity contribution in [3.8, 4) is 5.75 Å². The zero-order valence-electron chi connectivity index (χ0n) is 10.6. The van der Waals surface area contributed by atoms with Crippen molar-refractivity contribution in [1.82, 2.24) is 10.6 Å². The van der Waals surface area contributed by atoms with E-state index in [0.717, 1.165) is 0 Å². The molecule has 1 aromatic rings. The van der Waals surface area contributed by atoms with Crippen molar-refractivity contribution in [2.24, 2.45) is 0 Å². The molecule has 0 fully saturated rings. The highest BCUT2D eigenvalue weighted by atomic mass is 16.5. The number of methoxy groups -OCH3 is 1. The zero-order chi connectivity index (χ0) is 13.5. The summed E-state index contributed by atoms with van der Waals surface area (Å²) in [5.41, 5.74) is 0.694. The fourth-order valence-electron chi connectivity index (χ4n) is 1.35. The lowest BCUT2D eigenvalue weighted by atomic mass is 10.2. The predicted molar refractivity (Wildman–Crippen MR) is 68.7 cm³/mol. The van der Waals surface area contributed by atoms with Crippen LogP contribution in [0.1, 0.15) is 6.92 Å². The Balaban J connectivity index is 2.66. The Hall–Kier alpha value is -2.24. The van der Waals surface area contributed by atoms with Gasteiger partial charge in [0, 0.05) is 7.05 Å². The molecule has 0 aliphatic rings. The summed E-state index contributed by atoms with van der Waals surface area (Å²) < 4.78 is 5.15. The number of imide groups is 1. The van der Waals surface area contributed by atoms with Gasteiger partial charge in [0.25, 0.3) is 0 Å². The number of ether oxygens (including phenoxy) is 1. The van der Waals surface area contributed by atoms with Crippen molar-refractivity contribution in [3.63, 3.8) is 0 Å². The first kappa shape index (κ1) is 13.8. The van der Waals surface area contributed by atoms with Crippen molar-refractivity contribution in [2.75, 3.05) is 19.5 Å². The van der Waals surface area contributed by atoms with Crippen LogP contribution < -0.4 is 20.7 Å². The number of para-hydroxylation sites is 2. The van der Waals surface area contributed by atoms with Crippen LogP contribution in [0.4, 0.5) is 10.5 Å². The fourth-order valence-corrected chi connectivity index (χ4v) is 1.35. The van der Waals surface area contributed by atoms with Crippen LogP contribution in [-0.4, -0.2) is 32.1 Å². The van der Waals surface area contributed by atoms with Gasteiger partial charge in [0.2, 0.25) is 5.91 Å². The average Bonchev–Trinajstić information content (AvgIpc) is 2.39. The highest BCUT2D eigenvalue weighted by molar-refractivity contribution is 5.98. The van der Waals surface area contributed by atoms with Gasteiger partial charge in [0.05, 0.1) is 12.8 Å². The lowest BCUT2D eigenvalue weighted by molar-refractivity contribution is -0.120. The number of hydrogen-bond donors (Lipinski definition) is 3. The lowest BCUT2D eigenvalue weighted by Crippen LogP contribution is -2.44. The summed E-state index contributed by atoms with van der Waals surface area (Å²) in [6, 6.07) is 6.15. The summed E-state index contributed by atoms with van der Waals surface area (Å²) in [5, 5.41) is 7.48. The molecule has 0 aliphatic carbocycles. The van der Waals surface area contributed by atoms with E-state index in [1.54, 1.807) is 26.2 Å². The number of amides is 3. The van der Waals surface area contributed by atoms with Crippen molar-refractivity contribution in [2.45, 2.75) is 13.0 Å². The summed E-state index contributed by atoms with van der Waals surface area (Å²) in [5.74, 6) is 0.220. The minimum absolute atomic E-state index is 0.416. The molecule has 6 heteroatoms. The number of carbonyl (C=O) groups excluding carboxylic acids is 2. The number of carbonyl (C=O) groups is 2. The minimum Gasteiger partial charge on any atom is -0.495 e. The molecular weight excluding hydrogens is 234 g/mol. The van der Waals surface area contributed by atoms with Crippen LogP contribution in [0.15, 0.2) is 24.3 Å². The molecule has 3 amide bonds. The molecule has 1 aromatic carbocycles. The smallest absolute Gasteiger partial charge is 0.321 e. The van der Waals surface area contributed by atoms with E-state index in [9.17, 15) is 9.59 Å². The molecule has 0 aromatic heterocycles. The third-order valence-electron chi connectivity index (χ3n) is 2.34. The van der Waals surface area contributed by atoms with Gasteiger partial charge in [-0.2, -0.15) is 0 Å². The van der Waals surface area contributed by atoms with Crippen molar-refractivity contribution >= 4 is 17.6 Å². The van der Waals surface area contributed by atoms with Gasteiger partial charge in [0.15, 0.2) is 0 Å². The van der Waals surface area contributed by atoms with Crippen molar-refractivity contribution in [3.05, 3.63) is 24.3 Å². The molecule has 0 aliphatic heterocycles. The highest BCUT2D eigenvalue weighted by Crippen LogP contribution is 2.23. The van der Waals surface area contributed by atoms with Gasteiger partial charge in [-0.3, -0.25) is 10.1 Å². The maximum atomic E-state index is 11.6. The van der Waals surface area contributed by atoms with Crippen LogP contribution in [0.5, 0.6) is 5.75 Å². The van der Waals surface area contributed by atoms with Gasteiger partial charge < -0.3 is 15.4 Å². The number of hydrogen-bond acceptors (Lipinski definition) is 4. The topological polar surface area (TPSA) is 79.5 Å². The summed E-state index contributed by atoms with van der Waals surface area (Å²) in [6.07, 6.45) is 0. The summed E-state index contributed by atoms with van der Waals surface area (Å²) >= 11 is 0. The van der Waals surface area contributed by atoms with Crippen LogP contribution in [-0.2, 0) is 4.79 Å². The monoisotopic (exact) mass is 251 g/mol. The highest BCUT2D eigenvalue weighted by Gasteiger charge is 2.16. The maximum absolute atomic E-state index is 11.6. The third-order valence-corrected chi connectivity index (χ3v) is 2.34. The number of urea groups is 1. The molecule has 1 rings (SSSR count). The van der Waals surface area contributed by atoms with Gasteiger partial charge in [0.1, 0.15) is 11.8 Å². The van der Waals surface area contributed by atoms with Crippen molar-refractivity contribution < 1.29 is 14.3 Å². The molecular formula is C12H17N3O3. The average molecular weight is 251 g/mol. The first-order valence-electron chi connectivity index (χ1n) is 5.50. The van der Waals surface area contributed by atoms with E-state index in [-0.39, 0.29) is 0 Å². The van der Waals surface area contributed by atoms with Crippen LogP contribution in [0, 0.1) is 0 Å². The fraction of sp³-hybridized carbons (Fsp3) is 0.333. The predicted octanol–water partition coefficient (Wildman–Crippen LogP) is 0.951. The Morgan fingerprint density at radius 2 is 1.94 bits per heavy atom. The van der Waals surface area contributed by atoms with E-state index in [0.29, 0.717) is 11.4 Å². The van der Waals surface area contributed by atoms with Gasteiger partial charge in [-0.05, 0) is 19.1 Å².